The molecule has 2 rings (SSSR count). The summed E-state index contributed by atoms with van der Waals surface area (Å²) in [4.78, 5) is 12.0. The van der Waals surface area contributed by atoms with Gasteiger partial charge in [-0.1, -0.05) is 113 Å². The summed E-state index contributed by atoms with van der Waals surface area (Å²) in [5, 5.41) is 0. The molecule has 2 atom stereocenters. The number of ether oxygens (including phenoxy) is 2. The van der Waals surface area contributed by atoms with Crippen LogP contribution in [0, 0.1) is 0 Å². The van der Waals surface area contributed by atoms with Crippen molar-refractivity contribution in [3.05, 3.63) is 71.8 Å². The molecule has 34 heavy (non-hydrogen) atoms. The number of carbonyl (C=O) groups excluding carboxylic acids is 1. The molecule has 0 N–H and O–H groups in total. The van der Waals surface area contributed by atoms with Crippen molar-refractivity contribution < 1.29 is 14.3 Å². The molecule has 0 saturated carbocycles. The Bertz CT molecular complexity index is 680. The summed E-state index contributed by atoms with van der Waals surface area (Å²) in [6, 6.07) is 21.5. The highest BCUT2D eigenvalue weighted by molar-refractivity contribution is 5.59. The number of rotatable bonds is 18. The van der Waals surface area contributed by atoms with Crippen molar-refractivity contribution in [3.63, 3.8) is 0 Å². The first-order valence-electron chi connectivity index (χ1n) is 13.6. The molecule has 0 saturated heterocycles. The molecule has 0 aliphatic carbocycles. The molecule has 0 spiro atoms. The van der Waals surface area contributed by atoms with E-state index < -0.39 is 6.16 Å². The quantitative estimate of drug-likeness (QED) is 0.162. The normalized spacial score (nSPS) is 12.8. The molecule has 0 fully saturated rings. The number of carbonyl (C=O) groups is 1. The minimum atomic E-state index is -0.524. The Labute approximate surface area is 208 Å². The van der Waals surface area contributed by atoms with Gasteiger partial charge in [-0.15, -0.1) is 0 Å². The SMILES string of the molecule is CCCCCC(CCCOC(=O)OCCCC(CCCCC)c1ccccc1)c1ccccc1. The fraction of sp³-hybridized carbons (Fsp3) is 0.581. The van der Waals surface area contributed by atoms with E-state index in [0.29, 0.717) is 25.0 Å². The fourth-order valence-corrected chi connectivity index (χ4v) is 4.70. The summed E-state index contributed by atoms with van der Waals surface area (Å²) >= 11 is 0. The van der Waals surface area contributed by atoms with Gasteiger partial charge in [-0.3, -0.25) is 0 Å². The Balaban J connectivity index is 1.65. The highest BCUT2D eigenvalue weighted by Gasteiger charge is 2.13. The van der Waals surface area contributed by atoms with E-state index in [1.54, 1.807) is 0 Å². The molecule has 0 amide bonds. The average molecular weight is 467 g/mol. The first-order valence-corrected chi connectivity index (χ1v) is 13.6. The number of hydrogen-bond donors (Lipinski definition) is 0. The minimum Gasteiger partial charge on any atom is -0.434 e. The van der Waals surface area contributed by atoms with Crippen molar-refractivity contribution in [1.82, 2.24) is 0 Å². The van der Waals surface area contributed by atoms with E-state index in [1.165, 1.54) is 62.5 Å². The van der Waals surface area contributed by atoms with Crippen molar-refractivity contribution in [2.75, 3.05) is 13.2 Å². The topological polar surface area (TPSA) is 35.5 Å². The van der Waals surface area contributed by atoms with Gasteiger partial charge in [0.25, 0.3) is 0 Å². The number of hydrogen-bond acceptors (Lipinski definition) is 3. The van der Waals surface area contributed by atoms with Crippen LogP contribution in [0.1, 0.15) is 114 Å². The molecular weight excluding hydrogens is 420 g/mol. The lowest BCUT2D eigenvalue weighted by Gasteiger charge is -2.18. The molecule has 3 nitrogen and oxygen atoms in total. The molecule has 0 heterocycles. The summed E-state index contributed by atoms with van der Waals surface area (Å²) < 4.78 is 10.7. The lowest BCUT2D eigenvalue weighted by molar-refractivity contribution is 0.0523. The van der Waals surface area contributed by atoms with Gasteiger partial charge < -0.3 is 9.47 Å². The van der Waals surface area contributed by atoms with E-state index in [2.05, 4.69) is 74.5 Å². The average Bonchev–Trinajstić information content (AvgIpc) is 2.88. The first kappa shape index (κ1) is 28.0. The van der Waals surface area contributed by atoms with Crippen LogP contribution in [0.25, 0.3) is 0 Å². The molecule has 0 aliphatic rings. The van der Waals surface area contributed by atoms with Crippen molar-refractivity contribution in [3.8, 4) is 0 Å². The standard InChI is InChI=1S/C31H46O3/c1-3-5-9-17-29(27-19-11-7-12-20-27)23-15-25-33-31(32)34-26-16-24-30(18-10-6-4-2)28-21-13-8-14-22-28/h7-8,11-14,19-22,29-30H,3-6,9-10,15-18,23-26H2,1-2H3. The zero-order valence-electron chi connectivity index (χ0n) is 21.6. The Morgan fingerprint density at radius 3 is 1.35 bits per heavy atom. The zero-order chi connectivity index (χ0) is 24.3. The van der Waals surface area contributed by atoms with E-state index in [1.807, 2.05) is 0 Å². The van der Waals surface area contributed by atoms with Gasteiger partial charge in [0.1, 0.15) is 0 Å². The van der Waals surface area contributed by atoms with Crippen molar-refractivity contribution >= 4 is 6.16 Å². The van der Waals surface area contributed by atoms with E-state index in [-0.39, 0.29) is 0 Å². The summed E-state index contributed by atoms with van der Waals surface area (Å²) in [6.07, 6.45) is 13.2. The molecule has 2 aromatic rings. The van der Waals surface area contributed by atoms with Crippen LogP contribution in [-0.2, 0) is 9.47 Å². The fourth-order valence-electron chi connectivity index (χ4n) is 4.70. The van der Waals surface area contributed by atoms with Crippen LogP contribution in [-0.4, -0.2) is 19.4 Å². The van der Waals surface area contributed by atoms with Gasteiger partial charge in [0.15, 0.2) is 0 Å². The van der Waals surface area contributed by atoms with E-state index >= 15 is 0 Å². The van der Waals surface area contributed by atoms with Gasteiger partial charge in [-0.2, -0.15) is 0 Å². The third-order valence-electron chi connectivity index (χ3n) is 6.69. The van der Waals surface area contributed by atoms with Crippen LogP contribution in [0.2, 0.25) is 0 Å². The van der Waals surface area contributed by atoms with Crippen LogP contribution < -0.4 is 0 Å². The molecule has 3 heteroatoms. The molecule has 0 radical (unpaired) electrons. The van der Waals surface area contributed by atoms with Crippen LogP contribution in [0.5, 0.6) is 0 Å². The molecule has 0 aliphatic heterocycles. The predicted octanol–water partition coefficient (Wildman–Crippen LogP) is 9.43. The van der Waals surface area contributed by atoms with Gasteiger partial charge in [0.2, 0.25) is 0 Å². The van der Waals surface area contributed by atoms with Crippen LogP contribution >= 0.6 is 0 Å². The third kappa shape index (κ3) is 11.7. The second kappa shape index (κ2) is 18.1. The van der Waals surface area contributed by atoms with E-state index in [9.17, 15) is 4.79 Å². The Morgan fingerprint density at radius 1 is 0.588 bits per heavy atom. The van der Waals surface area contributed by atoms with Gasteiger partial charge in [-0.25, -0.2) is 4.79 Å². The third-order valence-corrected chi connectivity index (χ3v) is 6.69. The van der Waals surface area contributed by atoms with Gasteiger partial charge >= 0.3 is 6.16 Å². The highest BCUT2D eigenvalue weighted by Crippen LogP contribution is 2.28. The van der Waals surface area contributed by atoms with Crippen molar-refractivity contribution in [1.29, 1.82) is 0 Å². The Kier molecular flexibility index (Phi) is 14.9. The molecule has 2 unspecified atom stereocenters. The smallest absolute Gasteiger partial charge is 0.434 e. The highest BCUT2D eigenvalue weighted by atomic mass is 16.7. The van der Waals surface area contributed by atoms with E-state index in [0.717, 1.165) is 25.7 Å². The van der Waals surface area contributed by atoms with Crippen LogP contribution in [0.3, 0.4) is 0 Å². The monoisotopic (exact) mass is 466 g/mol. The summed E-state index contributed by atoms with van der Waals surface area (Å²) in [5.41, 5.74) is 2.79. The second-order valence-electron chi connectivity index (χ2n) is 9.44. The maximum absolute atomic E-state index is 12.0. The lowest BCUT2D eigenvalue weighted by atomic mass is 9.89. The predicted molar refractivity (Wildman–Crippen MR) is 142 cm³/mol. The maximum Gasteiger partial charge on any atom is 0.508 e. The minimum absolute atomic E-state index is 0.430. The Hall–Kier alpha value is -2.29. The largest absolute Gasteiger partial charge is 0.508 e. The summed E-state index contributed by atoms with van der Waals surface area (Å²) in [5.74, 6) is 1.07. The van der Waals surface area contributed by atoms with Gasteiger partial charge in [0.05, 0.1) is 13.2 Å². The molecule has 0 bridgehead atoms. The van der Waals surface area contributed by atoms with Gasteiger partial charge in [-0.05, 0) is 61.5 Å². The number of benzene rings is 2. The van der Waals surface area contributed by atoms with Gasteiger partial charge in [0, 0.05) is 0 Å². The van der Waals surface area contributed by atoms with Crippen LogP contribution in [0.15, 0.2) is 60.7 Å². The van der Waals surface area contributed by atoms with Crippen molar-refractivity contribution in [2.45, 2.75) is 103 Å². The molecule has 2 aromatic carbocycles. The molecule has 188 valence electrons. The molecular formula is C31H46O3. The summed E-state index contributed by atoms with van der Waals surface area (Å²) in [6.45, 7) is 5.34. The zero-order valence-corrected chi connectivity index (χ0v) is 21.6. The Morgan fingerprint density at radius 2 is 0.971 bits per heavy atom. The van der Waals surface area contributed by atoms with Crippen LogP contribution in [0.4, 0.5) is 4.79 Å². The number of unbranched alkanes of at least 4 members (excludes halogenated alkanes) is 4. The summed E-state index contributed by atoms with van der Waals surface area (Å²) in [7, 11) is 0. The lowest BCUT2D eigenvalue weighted by Crippen LogP contribution is -2.11. The first-order chi connectivity index (χ1) is 16.7. The molecule has 0 aromatic heterocycles. The second-order valence-corrected chi connectivity index (χ2v) is 9.44. The van der Waals surface area contributed by atoms with E-state index in [4.69, 9.17) is 9.47 Å². The van der Waals surface area contributed by atoms with Crippen molar-refractivity contribution in [2.24, 2.45) is 0 Å². The maximum atomic E-state index is 12.0.